The molecule has 0 spiro atoms. The van der Waals surface area contributed by atoms with Crippen molar-refractivity contribution < 1.29 is 4.39 Å². The molecule has 0 aromatic carbocycles. The first-order valence-corrected chi connectivity index (χ1v) is 6.26. The zero-order chi connectivity index (χ0) is 11.7. The third-order valence-corrected chi connectivity index (χ3v) is 3.38. The summed E-state index contributed by atoms with van der Waals surface area (Å²) in [6.45, 7) is 0.744. The van der Waals surface area contributed by atoms with Crippen LogP contribution in [-0.2, 0) is 6.54 Å². The Morgan fingerprint density at radius 1 is 1.41 bits per heavy atom. The van der Waals surface area contributed by atoms with Gasteiger partial charge in [0.2, 0.25) is 0 Å². The van der Waals surface area contributed by atoms with Crippen molar-refractivity contribution in [1.82, 2.24) is 19.9 Å². The van der Waals surface area contributed by atoms with Crippen LogP contribution >= 0.6 is 11.5 Å². The Morgan fingerprint density at radius 2 is 2.29 bits per heavy atom. The van der Waals surface area contributed by atoms with E-state index in [1.54, 1.807) is 6.20 Å². The van der Waals surface area contributed by atoms with Crippen LogP contribution in [0.1, 0.15) is 17.7 Å². The van der Waals surface area contributed by atoms with Crippen molar-refractivity contribution in [2.75, 3.05) is 0 Å². The van der Waals surface area contributed by atoms with Gasteiger partial charge < -0.3 is 5.32 Å². The molecule has 0 aliphatic heterocycles. The van der Waals surface area contributed by atoms with E-state index in [1.807, 2.05) is 0 Å². The summed E-state index contributed by atoms with van der Waals surface area (Å²) in [5.41, 5.74) is 1.42. The van der Waals surface area contributed by atoms with Gasteiger partial charge in [-0.2, -0.15) is 0 Å². The smallest absolute Gasteiger partial charge is 0.142 e. The molecule has 2 heterocycles. The maximum atomic E-state index is 13.1. The van der Waals surface area contributed by atoms with Gasteiger partial charge in [0.25, 0.3) is 0 Å². The third kappa shape index (κ3) is 2.48. The molecule has 1 aliphatic rings. The highest BCUT2D eigenvalue weighted by Gasteiger charge is 2.21. The molecule has 3 rings (SSSR count). The highest BCUT2D eigenvalue weighted by Crippen LogP contribution is 2.25. The van der Waals surface area contributed by atoms with Crippen LogP contribution in [0, 0.1) is 5.82 Å². The summed E-state index contributed by atoms with van der Waals surface area (Å²) in [6.07, 6.45) is 5.28. The number of nitrogens with zero attached hydrogens (tertiary/aromatic N) is 3. The highest BCUT2D eigenvalue weighted by atomic mass is 32.1. The van der Waals surface area contributed by atoms with Gasteiger partial charge in [0.15, 0.2) is 0 Å². The van der Waals surface area contributed by atoms with E-state index in [9.17, 15) is 4.39 Å². The predicted octanol–water partition coefficient (Wildman–Crippen LogP) is 1.99. The average molecular weight is 250 g/mol. The Labute approximate surface area is 102 Å². The molecule has 0 atom stereocenters. The van der Waals surface area contributed by atoms with Crippen molar-refractivity contribution in [2.45, 2.75) is 25.4 Å². The highest BCUT2D eigenvalue weighted by molar-refractivity contribution is 7.05. The van der Waals surface area contributed by atoms with E-state index < -0.39 is 0 Å². The summed E-state index contributed by atoms with van der Waals surface area (Å²) < 4.78 is 17.0. The van der Waals surface area contributed by atoms with Gasteiger partial charge in [0.1, 0.15) is 11.5 Å². The molecule has 2 aromatic rings. The van der Waals surface area contributed by atoms with E-state index in [-0.39, 0.29) is 5.82 Å². The first kappa shape index (κ1) is 10.7. The zero-order valence-electron chi connectivity index (χ0n) is 9.06. The van der Waals surface area contributed by atoms with Gasteiger partial charge in [0.05, 0.1) is 11.1 Å². The number of aromatic nitrogens is 3. The lowest BCUT2D eigenvalue weighted by Gasteiger charge is -2.02. The second-order valence-corrected chi connectivity index (χ2v) is 4.93. The van der Waals surface area contributed by atoms with E-state index >= 15 is 0 Å². The fraction of sp³-hybridized carbons (Fsp3) is 0.364. The molecule has 6 heteroatoms. The molecule has 4 nitrogen and oxygen atoms in total. The quantitative estimate of drug-likeness (QED) is 0.901. The number of halogens is 1. The Hall–Kier alpha value is -1.40. The molecular formula is C11H11FN4S. The second kappa shape index (κ2) is 4.46. The third-order valence-electron chi connectivity index (χ3n) is 2.66. The van der Waals surface area contributed by atoms with Crippen molar-refractivity contribution >= 4 is 11.5 Å². The second-order valence-electron chi connectivity index (χ2n) is 4.09. The molecule has 0 radical (unpaired) electrons. The van der Waals surface area contributed by atoms with Crippen molar-refractivity contribution in [1.29, 1.82) is 0 Å². The maximum absolute atomic E-state index is 13.1. The molecule has 17 heavy (non-hydrogen) atoms. The Balaban J connectivity index is 1.83. The van der Waals surface area contributed by atoms with Crippen LogP contribution in [0.2, 0.25) is 0 Å². The fourth-order valence-electron chi connectivity index (χ4n) is 1.61. The fourth-order valence-corrected chi connectivity index (χ4v) is 2.22. The molecule has 88 valence electrons. The Morgan fingerprint density at radius 3 is 3.06 bits per heavy atom. The molecule has 2 aromatic heterocycles. The SMILES string of the molecule is Fc1cncc(-c2nnsc2CNC2CC2)c1. The summed E-state index contributed by atoms with van der Waals surface area (Å²) in [4.78, 5) is 4.86. The zero-order valence-corrected chi connectivity index (χ0v) is 9.88. The minimum Gasteiger partial charge on any atom is -0.309 e. The predicted molar refractivity (Wildman–Crippen MR) is 63.0 cm³/mol. The van der Waals surface area contributed by atoms with Crippen molar-refractivity contribution in [2.24, 2.45) is 0 Å². The minimum absolute atomic E-state index is 0.350. The first-order chi connectivity index (χ1) is 8.33. The van der Waals surface area contributed by atoms with Gasteiger partial charge in [-0.3, -0.25) is 4.98 Å². The number of nitrogens with one attached hydrogen (secondary N) is 1. The van der Waals surface area contributed by atoms with Crippen LogP contribution < -0.4 is 5.32 Å². The summed E-state index contributed by atoms with van der Waals surface area (Å²) in [7, 11) is 0. The van der Waals surface area contributed by atoms with Gasteiger partial charge in [-0.15, -0.1) is 5.10 Å². The lowest BCUT2D eigenvalue weighted by atomic mass is 10.2. The normalized spacial score (nSPS) is 15.1. The molecule has 1 fully saturated rings. The van der Waals surface area contributed by atoms with Gasteiger partial charge in [0, 0.05) is 24.3 Å². The van der Waals surface area contributed by atoms with Gasteiger partial charge in [-0.05, 0) is 30.4 Å². The van der Waals surface area contributed by atoms with Crippen molar-refractivity contribution in [3.63, 3.8) is 0 Å². The van der Waals surface area contributed by atoms with Crippen LogP contribution in [0.4, 0.5) is 4.39 Å². The lowest BCUT2D eigenvalue weighted by Crippen LogP contribution is -2.14. The molecular weight excluding hydrogens is 239 g/mol. The van der Waals surface area contributed by atoms with Crippen LogP contribution in [0.25, 0.3) is 11.3 Å². The van der Waals surface area contributed by atoms with Gasteiger partial charge in [-0.25, -0.2) is 4.39 Å². The topological polar surface area (TPSA) is 50.7 Å². The van der Waals surface area contributed by atoms with Gasteiger partial charge >= 0.3 is 0 Å². The van der Waals surface area contributed by atoms with E-state index in [0.717, 1.165) is 17.1 Å². The number of pyridine rings is 1. The Bertz CT molecular complexity index is 524. The molecule has 1 aliphatic carbocycles. The molecule has 0 amide bonds. The molecule has 0 bridgehead atoms. The van der Waals surface area contributed by atoms with Crippen molar-refractivity contribution in [3.8, 4) is 11.3 Å². The molecule has 0 unspecified atom stereocenters. The number of hydrogen-bond acceptors (Lipinski definition) is 5. The number of rotatable bonds is 4. The minimum atomic E-state index is -0.350. The summed E-state index contributed by atoms with van der Waals surface area (Å²) in [6, 6.07) is 2.07. The standard InChI is InChI=1S/C11H11FN4S/c12-8-3-7(4-13-5-8)11-10(17-16-15-11)6-14-9-1-2-9/h3-5,9,14H,1-2,6H2. The van der Waals surface area contributed by atoms with Crippen LogP contribution in [-0.4, -0.2) is 20.6 Å². The average Bonchev–Trinajstić information content (AvgIpc) is 3.04. The van der Waals surface area contributed by atoms with E-state index in [4.69, 9.17) is 0 Å². The summed E-state index contributed by atoms with van der Waals surface area (Å²) >= 11 is 1.35. The van der Waals surface area contributed by atoms with Crippen LogP contribution in [0.15, 0.2) is 18.5 Å². The largest absolute Gasteiger partial charge is 0.309 e. The van der Waals surface area contributed by atoms with E-state index in [1.165, 1.54) is 36.6 Å². The van der Waals surface area contributed by atoms with Crippen LogP contribution in [0.3, 0.4) is 0 Å². The van der Waals surface area contributed by atoms with Crippen molar-refractivity contribution in [3.05, 3.63) is 29.2 Å². The number of hydrogen-bond donors (Lipinski definition) is 1. The van der Waals surface area contributed by atoms with Crippen LogP contribution in [0.5, 0.6) is 0 Å². The summed E-state index contributed by atoms with van der Waals surface area (Å²) in [5, 5.41) is 7.45. The Kier molecular flexibility index (Phi) is 2.82. The summed E-state index contributed by atoms with van der Waals surface area (Å²) in [5.74, 6) is -0.350. The lowest BCUT2D eigenvalue weighted by molar-refractivity contribution is 0.622. The van der Waals surface area contributed by atoms with E-state index in [2.05, 4.69) is 19.9 Å². The van der Waals surface area contributed by atoms with Gasteiger partial charge in [-0.1, -0.05) is 4.49 Å². The monoisotopic (exact) mass is 250 g/mol. The maximum Gasteiger partial charge on any atom is 0.142 e. The first-order valence-electron chi connectivity index (χ1n) is 5.48. The molecule has 0 saturated heterocycles. The molecule has 1 N–H and O–H groups in total. The molecule has 1 saturated carbocycles. The van der Waals surface area contributed by atoms with E-state index in [0.29, 0.717) is 11.6 Å².